The van der Waals surface area contributed by atoms with Crippen LogP contribution in [0.3, 0.4) is 0 Å². The molecule has 0 radical (unpaired) electrons. The fourth-order valence-electron chi connectivity index (χ4n) is 1.69. The summed E-state index contributed by atoms with van der Waals surface area (Å²) in [6.07, 6.45) is 8.35. The molecule has 0 aliphatic heterocycles. The Morgan fingerprint density at radius 3 is 2.65 bits per heavy atom. The van der Waals surface area contributed by atoms with Gasteiger partial charge < -0.3 is 5.11 Å². The van der Waals surface area contributed by atoms with Crippen molar-refractivity contribution in [3.05, 3.63) is 41.2 Å². The number of unbranched alkanes of at least 4 members (excludes halogenated alkanes) is 3. The van der Waals surface area contributed by atoms with E-state index in [4.69, 9.17) is 0 Å². The minimum atomic E-state index is -1.06. The molecule has 0 saturated carbocycles. The van der Waals surface area contributed by atoms with Crippen LogP contribution in [0.15, 0.2) is 24.3 Å². The molecule has 0 fully saturated rings. The summed E-state index contributed by atoms with van der Waals surface area (Å²) in [4.78, 5) is 0. The van der Waals surface area contributed by atoms with Crippen LogP contribution in [0.25, 0.3) is 6.08 Å². The van der Waals surface area contributed by atoms with E-state index in [9.17, 15) is 9.50 Å². The number of rotatable bonds is 5. The zero-order valence-electron chi connectivity index (χ0n) is 12.5. The molecule has 0 aliphatic rings. The molecule has 0 unspecified atom stereocenters. The van der Waals surface area contributed by atoms with E-state index in [1.165, 1.54) is 18.9 Å². The second-order valence-electron chi connectivity index (χ2n) is 5.44. The topological polar surface area (TPSA) is 20.2 Å². The van der Waals surface area contributed by atoms with Crippen molar-refractivity contribution in [2.45, 2.75) is 52.1 Å². The molecule has 108 valence electrons. The molecule has 0 aromatic heterocycles. The Labute approximate surface area is 121 Å². The zero-order valence-corrected chi connectivity index (χ0v) is 12.5. The average Bonchev–Trinajstić information content (AvgIpc) is 2.37. The van der Waals surface area contributed by atoms with Crippen molar-refractivity contribution in [1.29, 1.82) is 0 Å². The molecular weight excluding hydrogens is 251 g/mol. The normalized spacial score (nSPS) is 11.4. The van der Waals surface area contributed by atoms with Crippen LogP contribution in [0.2, 0.25) is 0 Å². The molecule has 20 heavy (non-hydrogen) atoms. The molecule has 2 heteroatoms. The predicted molar refractivity (Wildman–Crippen MR) is 82.8 cm³/mol. The van der Waals surface area contributed by atoms with Gasteiger partial charge in [-0.15, -0.1) is 0 Å². The molecule has 0 aliphatic carbocycles. The van der Waals surface area contributed by atoms with Gasteiger partial charge in [0.25, 0.3) is 0 Å². The molecule has 0 amide bonds. The van der Waals surface area contributed by atoms with Gasteiger partial charge in [-0.1, -0.05) is 49.8 Å². The third-order valence-corrected chi connectivity index (χ3v) is 2.78. The quantitative estimate of drug-likeness (QED) is 0.617. The van der Waals surface area contributed by atoms with Gasteiger partial charge in [-0.25, -0.2) is 4.39 Å². The largest absolute Gasteiger partial charge is 0.378 e. The van der Waals surface area contributed by atoms with Gasteiger partial charge in [0.05, 0.1) is 0 Å². The van der Waals surface area contributed by atoms with Gasteiger partial charge in [0, 0.05) is 11.1 Å². The maximum atomic E-state index is 13.9. The molecule has 0 spiro atoms. The third-order valence-electron chi connectivity index (χ3n) is 2.78. The summed E-state index contributed by atoms with van der Waals surface area (Å²) >= 11 is 0. The molecule has 1 aromatic rings. The Hall–Kier alpha value is -1.59. The average molecular weight is 274 g/mol. The van der Waals surface area contributed by atoms with E-state index >= 15 is 0 Å². The summed E-state index contributed by atoms with van der Waals surface area (Å²) in [7, 11) is 0. The second kappa shape index (κ2) is 7.87. The molecule has 1 nitrogen and oxygen atoms in total. The molecule has 1 rings (SSSR count). The molecule has 1 aromatic carbocycles. The lowest BCUT2D eigenvalue weighted by Crippen LogP contribution is -2.14. The molecule has 0 atom stereocenters. The molecule has 0 bridgehead atoms. The Morgan fingerprint density at radius 1 is 1.30 bits per heavy atom. The van der Waals surface area contributed by atoms with E-state index in [0.29, 0.717) is 11.1 Å². The van der Waals surface area contributed by atoms with Gasteiger partial charge in [0.2, 0.25) is 0 Å². The smallest absolute Gasteiger partial charge is 0.131 e. The van der Waals surface area contributed by atoms with Crippen molar-refractivity contribution in [2.75, 3.05) is 0 Å². The first kappa shape index (κ1) is 16.5. The minimum Gasteiger partial charge on any atom is -0.378 e. The highest BCUT2D eigenvalue weighted by Gasteiger charge is 2.06. The first-order chi connectivity index (χ1) is 9.42. The zero-order chi connectivity index (χ0) is 15.0. The number of hydrogen-bond acceptors (Lipinski definition) is 1. The lowest BCUT2D eigenvalue weighted by Gasteiger charge is -2.06. The highest BCUT2D eigenvalue weighted by molar-refractivity contribution is 5.52. The number of allylic oxidation sites excluding steroid dienone is 1. The van der Waals surface area contributed by atoms with Crippen molar-refractivity contribution in [3.63, 3.8) is 0 Å². The van der Waals surface area contributed by atoms with Crippen LogP contribution in [-0.2, 0) is 0 Å². The summed E-state index contributed by atoms with van der Waals surface area (Å²) in [5.41, 5.74) is 0.0944. The first-order valence-corrected chi connectivity index (χ1v) is 7.14. The summed E-state index contributed by atoms with van der Waals surface area (Å²) < 4.78 is 13.9. The van der Waals surface area contributed by atoms with Crippen LogP contribution in [0.5, 0.6) is 0 Å². The number of benzene rings is 1. The van der Waals surface area contributed by atoms with Crippen LogP contribution >= 0.6 is 0 Å². The summed E-state index contributed by atoms with van der Waals surface area (Å²) in [6.45, 7) is 5.37. The van der Waals surface area contributed by atoms with Gasteiger partial charge in [-0.2, -0.15) is 0 Å². The van der Waals surface area contributed by atoms with E-state index in [1.807, 2.05) is 12.2 Å². The van der Waals surface area contributed by atoms with E-state index in [-0.39, 0.29) is 5.82 Å². The minimum absolute atomic E-state index is 0.278. The fourth-order valence-corrected chi connectivity index (χ4v) is 1.69. The van der Waals surface area contributed by atoms with Crippen LogP contribution in [0.4, 0.5) is 4.39 Å². The van der Waals surface area contributed by atoms with Crippen molar-refractivity contribution >= 4 is 6.08 Å². The highest BCUT2D eigenvalue weighted by atomic mass is 19.1. The maximum absolute atomic E-state index is 13.9. The van der Waals surface area contributed by atoms with Crippen molar-refractivity contribution in [1.82, 2.24) is 0 Å². The Balaban J connectivity index is 2.70. The van der Waals surface area contributed by atoms with Gasteiger partial charge in [0.1, 0.15) is 11.4 Å². The SMILES string of the molecule is CCCCC/C=C/c1ccc(C#CC(C)(C)O)cc1F. The van der Waals surface area contributed by atoms with Crippen LogP contribution < -0.4 is 0 Å². The van der Waals surface area contributed by atoms with Gasteiger partial charge >= 0.3 is 0 Å². The van der Waals surface area contributed by atoms with Crippen molar-refractivity contribution in [3.8, 4) is 11.8 Å². The fraction of sp³-hybridized carbons (Fsp3) is 0.444. The number of halogens is 1. The van der Waals surface area contributed by atoms with E-state index < -0.39 is 5.60 Å². The number of aliphatic hydroxyl groups is 1. The van der Waals surface area contributed by atoms with Crippen LogP contribution in [0, 0.1) is 17.7 Å². The maximum Gasteiger partial charge on any atom is 0.131 e. The van der Waals surface area contributed by atoms with Gasteiger partial charge in [-0.3, -0.25) is 0 Å². The van der Waals surface area contributed by atoms with Crippen LogP contribution in [0.1, 0.15) is 57.6 Å². The summed E-state index contributed by atoms with van der Waals surface area (Å²) in [5.74, 6) is 5.17. The molecule has 1 N–H and O–H groups in total. The lowest BCUT2D eigenvalue weighted by atomic mass is 10.1. The Kier molecular flexibility index (Phi) is 6.48. The monoisotopic (exact) mass is 274 g/mol. The third kappa shape index (κ3) is 6.54. The molecular formula is C18H23FO. The Bertz CT molecular complexity index is 512. The lowest BCUT2D eigenvalue weighted by molar-refractivity contribution is 0.143. The van der Waals surface area contributed by atoms with Crippen LogP contribution in [-0.4, -0.2) is 10.7 Å². The first-order valence-electron chi connectivity index (χ1n) is 7.14. The number of hydrogen-bond donors (Lipinski definition) is 1. The van der Waals surface area contributed by atoms with Crippen molar-refractivity contribution < 1.29 is 9.50 Å². The van der Waals surface area contributed by atoms with Gasteiger partial charge in [0.15, 0.2) is 0 Å². The second-order valence-corrected chi connectivity index (χ2v) is 5.44. The highest BCUT2D eigenvalue weighted by Crippen LogP contribution is 2.13. The summed E-state index contributed by atoms with van der Waals surface area (Å²) in [6, 6.07) is 4.90. The molecule has 0 heterocycles. The predicted octanol–water partition coefficient (Wildman–Crippen LogP) is 4.54. The van der Waals surface area contributed by atoms with E-state index in [0.717, 1.165) is 12.8 Å². The van der Waals surface area contributed by atoms with E-state index in [2.05, 4.69) is 18.8 Å². The Morgan fingerprint density at radius 2 is 2.05 bits per heavy atom. The molecule has 0 saturated heterocycles. The van der Waals surface area contributed by atoms with Gasteiger partial charge in [-0.05, 0) is 38.8 Å². The standard InChI is InChI=1S/C18H23FO/c1-4-5-6-7-8-9-16-11-10-15(14-17(16)19)12-13-18(2,3)20/h8-11,14,20H,4-7H2,1-3H3/b9-8+. The van der Waals surface area contributed by atoms with E-state index in [1.54, 1.807) is 26.0 Å². The summed E-state index contributed by atoms with van der Waals surface area (Å²) in [5, 5.41) is 9.51. The van der Waals surface area contributed by atoms with Crippen molar-refractivity contribution in [2.24, 2.45) is 0 Å².